The van der Waals surface area contributed by atoms with E-state index in [1.54, 1.807) is 29.7 Å². The highest BCUT2D eigenvalue weighted by atomic mass is 16.7. The van der Waals surface area contributed by atoms with E-state index in [0.29, 0.717) is 29.4 Å². The van der Waals surface area contributed by atoms with Gasteiger partial charge >= 0.3 is 7.12 Å². The second-order valence-electron chi connectivity index (χ2n) is 14.7. The van der Waals surface area contributed by atoms with Crippen LogP contribution >= 0.6 is 0 Å². The maximum Gasteiger partial charge on any atom is 0.481 e. The number of carbonyl (C=O) groups is 3. The molecular weight excluding hydrogens is 595 g/mol. The number of carbonyl (C=O) groups excluding carboxylic acids is 3. The third-order valence-electron chi connectivity index (χ3n) is 10.6. The molecule has 3 aromatic rings. The molecule has 1 aliphatic heterocycles. The predicted molar refractivity (Wildman–Crippen MR) is 180 cm³/mol. The molecule has 6 atom stereocenters. The number of fused-ring (bicyclic) bond motifs is 1. The summed E-state index contributed by atoms with van der Waals surface area (Å²) < 4.78 is 13.4. The first-order valence-corrected chi connectivity index (χ1v) is 16.6. The molecule has 3 amide bonds. The quantitative estimate of drug-likeness (QED) is 0.0881. The smallest absolute Gasteiger partial charge is 0.404 e. The van der Waals surface area contributed by atoms with Crippen LogP contribution in [0.3, 0.4) is 0 Å². The van der Waals surface area contributed by atoms with Crippen molar-refractivity contribution in [1.29, 1.82) is 0 Å². The number of hydroxylamine groups is 1. The Kier molecular flexibility index (Phi) is 9.08. The van der Waals surface area contributed by atoms with Crippen molar-refractivity contribution in [3.8, 4) is 0 Å². The van der Waals surface area contributed by atoms with Crippen LogP contribution < -0.4 is 16.1 Å². The van der Waals surface area contributed by atoms with E-state index in [2.05, 4.69) is 50.2 Å². The van der Waals surface area contributed by atoms with Crippen molar-refractivity contribution in [3.63, 3.8) is 0 Å². The SMILES string of the molecule is CC(C)C[C@H](NC(=O)[C@H](Cc1c[nH]c2ccccc12)NC(=O)c1cccc(/C=C/C(=O)NO)c1)B1O[C@@H]2[C@@H]3C[C@H](C[C@]2(C)O1)C3(C)C. The van der Waals surface area contributed by atoms with Gasteiger partial charge in [0.25, 0.3) is 11.8 Å². The van der Waals surface area contributed by atoms with Crippen molar-refractivity contribution < 1.29 is 28.9 Å². The van der Waals surface area contributed by atoms with Crippen molar-refractivity contribution in [3.05, 3.63) is 77.5 Å². The Morgan fingerprint density at radius 1 is 1.11 bits per heavy atom. The number of hydrogen-bond acceptors (Lipinski definition) is 6. The van der Waals surface area contributed by atoms with Crippen LogP contribution in [0.2, 0.25) is 0 Å². The van der Waals surface area contributed by atoms with Gasteiger partial charge in [-0.05, 0) is 84.8 Å². The summed E-state index contributed by atoms with van der Waals surface area (Å²) >= 11 is 0. The number of rotatable bonds is 11. The molecule has 3 saturated carbocycles. The van der Waals surface area contributed by atoms with E-state index >= 15 is 0 Å². The molecule has 4 aliphatic rings. The molecule has 2 aromatic carbocycles. The molecule has 4 fully saturated rings. The first-order valence-electron chi connectivity index (χ1n) is 16.6. The highest BCUT2D eigenvalue weighted by Gasteiger charge is 2.67. The Labute approximate surface area is 276 Å². The lowest BCUT2D eigenvalue weighted by Gasteiger charge is -2.63. The van der Waals surface area contributed by atoms with Crippen LogP contribution in [0.4, 0.5) is 0 Å². The zero-order chi connectivity index (χ0) is 33.5. The molecule has 10 nitrogen and oxygen atoms in total. The lowest BCUT2D eigenvalue weighted by Crippen LogP contribution is -2.63. The second kappa shape index (κ2) is 12.9. The van der Waals surface area contributed by atoms with Crippen molar-refractivity contribution in [2.75, 3.05) is 0 Å². The average Bonchev–Trinajstić information content (AvgIpc) is 3.63. The Bertz CT molecular complexity index is 1690. The van der Waals surface area contributed by atoms with Crippen LogP contribution in [0.25, 0.3) is 17.0 Å². The minimum Gasteiger partial charge on any atom is -0.404 e. The summed E-state index contributed by atoms with van der Waals surface area (Å²) in [5.41, 5.74) is 4.14. The third kappa shape index (κ3) is 6.61. The predicted octanol–water partition coefficient (Wildman–Crippen LogP) is 4.83. The van der Waals surface area contributed by atoms with Gasteiger partial charge in [-0.2, -0.15) is 0 Å². The molecule has 5 N–H and O–H groups in total. The molecule has 1 aromatic heterocycles. The van der Waals surface area contributed by atoms with Crippen LogP contribution in [-0.2, 0) is 25.3 Å². The van der Waals surface area contributed by atoms with Gasteiger partial charge in [0.2, 0.25) is 5.91 Å². The Morgan fingerprint density at radius 2 is 1.89 bits per heavy atom. The van der Waals surface area contributed by atoms with Gasteiger partial charge in [-0.1, -0.05) is 58.0 Å². The fourth-order valence-electron chi connectivity index (χ4n) is 7.91. The van der Waals surface area contributed by atoms with Crippen molar-refractivity contribution in [2.24, 2.45) is 23.2 Å². The normalized spacial score (nSPS) is 25.7. The number of benzene rings is 2. The molecule has 2 heterocycles. The lowest BCUT2D eigenvalue weighted by molar-refractivity contribution is -0.185. The summed E-state index contributed by atoms with van der Waals surface area (Å²) in [4.78, 5) is 42.6. The average molecular weight is 641 g/mol. The van der Waals surface area contributed by atoms with E-state index in [9.17, 15) is 14.4 Å². The van der Waals surface area contributed by atoms with Crippen molar-refractivity contribution in [2.45, 2.75) is 84.0 Å². The van der Waals surface area contributed by atoms with Crippen LogP contribution in [0, 0.1) is 23.2 Å². The number of para-hydroxylation sites is 1. The van der Waals surface area contributed by atoms with Gasteiger partial charge in [-0.15, -0.1) is 0 Å². The zero-order valence-corrected chi connectivity index (χ0v) is 27.7. The summed E-state index contributed by atoms with van der Waals surface area (Å²) in [6.07, 6.45) is 7.51. The maximum atomic E-state index is 14.2. The first-order chi connectivity index (χ1) is 22.4. The summed E-state index contributed by atoms with van der Waals surface area (Å²) in [6.45, 7) is 11.0. The van der Waals surface area contributed by atoms with E-state index in [4.69, 9.17) is 14.5 Å². The van der Waals surface area contributed by atoms with E-state index in [1.165, 1.54) is 6.08 Å². The number of nitrogens with one attached hydrogen (secondary N) is 4. The van der Waals surface area contributed by atoms with E-state index < -0.39 is 30.9 Å². The Hall–Kier alpha value is -3.93. The van der Waals surface area contributed by atoms with Crippen LogP contribution in [0.5, 0.6) is 0 Å². The third-order valence-corrected chi connectivity index (χ3v) is 10.6. The van der Waals surface area contributed by atoms with Gasteiger partial charge in [-0.3, -0.25) is 19.6 Å². The van der Waals surface area contributed by atoms with Crippen LogP contribution in [-0.4, -0.2) is 58.7 Å². The second-order valence-corrected chi connectivity index (χ2v) is 14.7. The van der Waals surface area contributed by atoms with Gasteiger partial charge in [0.05, 0.1) is 17.6 Å². The molecule has 0 radical (unpaired) electrons. The number of amides is 3. The number of aromatic nitrogens is 1. The highest BCUT2D eigenvalue weighted by Crippen LogP contribution is 2.64. The zero-order valence-electron chi connectivity index (χ0n) is 27.7. The van der Waals surface area contributed by atoms with Gasteiger partial charge in [0.1, 0.15) is 6.04 Å². The van der Waals surface area contributed by atoms with Crippen LogP contribution in [0.15, 0.2) is 60.8 Å². The van der Waals surface area contributed by atoms with E-state index in [1.807, 2.05) is 30.5 Å². The van der Waals surface area contributed by atoms with E-state index in [0.717, 1.165) is 35.4 Å². The molecular formula is C36H45BN4O6. The molecule has 7 rings (SSSR count). The molecule has 1 saturated heterocycles. The summed E-state index contributed by atoms with van der Waals surface area (Å²) in [5.74, 6) is -0.550. The minimum absolute atomic E-state index is 0.0226. The minimum atomic E-state index is -0.901. The molecule has 47 heavy (non-hydrogen) atoms. The highest BCUT2D eigenvalue weighted by molar-refractivity contribution is 6.48. The number of H-pyrrole nitrogens is 1. The molecule has 0 spiro atoms. The summed E-state index contributed by atoms with van der Waals surface area (Å²) in [6, 6.07) is 13.7. The van der Waals surface area contributed by atoms with Crippen molar-refractivity contribution >= 4 is 41.8 Å². The summed E-state index contributed by atoms with van der Waals surface area (Å²) in [5, 5.41) is 16.0. The Morgan fingerprint density at radius 3 is 2.64 bits per heavy atom. The molecule has 11 heteroatoms. The number of aromatic amines is 1. The summed E-state index contributed by atoms with van der Waals surface area (Å²) in [7, 11) is -0.587. The molecule has 248 valence electrons. The topological polar surface area (TPSA) is 142 Å². The fraction of sp³-hybridized carbons (Fsp3) is 0.472. The van der Waals surface area contributed by atoms with Gasteiger partial charge in [0, 0.05) is 35.2 Å². The lowest BCUT2D eigenvalue weighted by atomic mass is 9.45. The first kappa shape index (κ1) is 33.0. The fourth-order valence-corrected chi connectivity index (χ4v) is 7.91. The van der Waals surface area contributed by atoms with E-state index in [-0.39, 0.29) is 35.4 Å². The van der Waals surface area contributed by atoms with Gasteiger partial charge in [0.15, 0.2) is 0 Å². The number of hydrogen-bond donors (Lipinski definition) is 5. The van der Waals surface area contributed by atoms with Crippen LogP contribution in [0.1, 0.15) is 75.4 Å². The van der Waals surface area contributed by atoms with Gasteiger partial charge < -0.3 is 24.9 Å². The maximum absolute atomic E-state index is 14.2. The monoisotopic (exact) mass is 640 g/mol. The van der Waals surface area contributed by atoms with Gasteiger partial charge in [-0.25, -0.2) is 5.48 Å². The molecule has 2 bridgehead atoms. The molecule has 0 unspecified atom stereocenters. The largest absolute Gasteiger partial charge is 0.481 e. The van der Waals surface area contributed by atoms with Crippen molar-refractivity contribution in [1.82, 2.24) is 21.1 Å². The Balaban J connectivity index is 1.24. The molecule has 3 aliphatic carbocycles. The standard InChI is InChI=1S/C36H45BN4O6/c1-21(2)15-30(37-46-32-27-18-25(35(27,3)4)19-36(32,5)47-37)40-34(44)29(17-24-20-38-28-12-7-6-11-26(24)28)39-33(43)23-10-8-9-22(16-23)13-14-31(42)41-45/h6-14,16,20-21,25,27,29-30,32,38,45H,15,17-19H2,1-5H3,(H,39,43)(H,40,44)(H,41,42)/b14-13+/t25-,27+,29+,30+,32-,36+/m1/s1.